The summed E-state index contributed by atoms with van der Waals surface area (Å²) in [5.41, 5.74) is 0. The van der Waals surface area contributed by atoms with Crippen molar-refractivity contribution in [2.75, 3.05) is 0 Å². The molecule has 1 atom stereocenters. The van der Waals surface area contributed by atoms with Crippen molar-refractivity contribution in [3.8, 4) is 0 Å². The molecule has 0 saturated heterocycles. The molecule has 0 heterocycles. The van der Waals surface area contributed by atoms with Gasteiger partial charge in [0.25, 0.3) is 10.1 Å². The highest BCUT2D eigenvalue weighted by molar-refractivity contribution is 7.87. The Bertz CT molecular complexity index is 253. The molecule has 12 heavy (non-hydrogen) atoms. The summed E-state index contributed by atoms with van der Waals surface area (Å²) >= 11 is 0. The van der Waals surface area contributed by atoms with E-state index < -0.39 is 21.3 Å². The molecule has 0 aromatic carbocycles. The molecule has 2 N–H and O–H groups in total. The van der Waals surface area contributed by atoms with E-state index in [1.54, 1.807) is 13.8 Å². The Morgan fingerprint density at radius 3 is 1.92 bits per heavy atom. The molecular formula is C6H12O5S. The van der Waals surface area contributed by atoms with Gasteiger partial charge in [0.05, 0.1) is 0 Å². The van der Waals surface area contributed by atoms with Gasteiger partial charge in [0, 0.05) is 0 Å². The maximum atomic E-state index is 10.5. The number of hydrogen-bond acceptors (Lipinski definition) is 3. The molecule has 0 aromatic heterocycles. The molecule has 6 heteroatoms. The minimum atomic E-state index is -4.46. The summed E-state index contributed by atoms with van der Waals surface area (Å²) in [7, 11) is -4.46. The largest absolute Gasteiger partial charge is 0.480 e. The van der Waals surface area contributed by atoms with Crippen molar-refractivity contribution in [3.63, 3.8) is 0 Å². The van der Waals surface area contributed by atoms with Crippen LogP contribution < -0.4 is 0 Å². The Morgan fingerprint density at radius 2 is 1.83 bits per heavy atom. The highest BCUT2D eigenvalue weighted by Gasteiger charge is 2.31. The molecule has 72 valence electrons. The summed E-state index contributed by atoms with van der Waals surface area (Å²) in [4.78, 5) is 10.3. The lowest BCUT2D eigenvalue weighted by atomic mass is 10.1. The monoisotopic (exact) mass is 196 g/mol. The summed E-state index contributed by atoms with van der Waals surface area (Å²) in [6, 6.07) is 0. The van der Waals surface area contributed by atoms with E-state index in [1.165, 1.54) is 0 Å². The van der Waals surface area contributed by atoms with E-state index in [1.807, 2.05) is 0 Å². The van der Waals surface area contributed by atoms with E-state index in [0.717, 1.165) is 0 Å². The summed E-state index contributed by atoms with van der Waals surface area (Å²) in [5.74, 6) is -1.60. The number of aliphatic carboxylic acids is 1. The van der Waals surface area contributed by atoms with Crippen molar-refractivity contribution in [2.45, 2.75) is 25.5 Å². The molecule has 0 unspecified atom stereocenters. The van der Waals surface area contributed by atoms with Crippen LogP contribution in [0.3, 0.4) is 0 Å². The van der Waals surface area contributed by atoms with Gasteiger partial charge in [0.1, 0.15) is 0 Å². The van der Waals surface area contributed by atoms with Crippen LogP contribution in [0.25, 0.3) is 0 Å². The highest BCUT2D eigenvalue weighted by atomic mass is 32.2. The first-order valence-corrected chi connectivity index (χ1v) is 4.94. The second-order valence-corrected chi connectivity index (χ2v) is 4.57. The maximum absolute atomic E-state index is 10.5. The van der Waals surface area contributed by atoms with Crippen LogP contribution in [0.2, 0.25) is 0 Å². The molecule has 0 fully saturated rings. The Balaban J connectivity index is 4.59. The van der Waals surface area contributed by atoms with Gasteiger partial charge in [-0.2, -0.15) is 8.42 Å². The Hall–Kier alpha value is -0.620. The fourth-order valence-corrected chi connectivity index (χ4v) is 1.66. The van der Waals surface area contributed by atoms with Gasteiger partial charge >= 0.3 is 5.97 Å². The van der Waals surface area contributed by atoms with Gasteiger partial charge in [-0.15, -0.1) is 0 Å². The number of carboxylic acids is 1. The van der Waals surface area contributed by atoms with Crippen LogP contribution in [0.1, 0.15) is 20.3 Å². The van der Waals surface area contributed by atoms with Crippen molar-refractivity contribution >= 4 is 16.1 Å². The first kappa shape index (κ1) is 11.4. The van der Waals surface area contributed by atoms with E-state index in [-0.39, 0.29) is 12.3 Å². The minimum Gasteiger partial charge on any atom is -0.480 e. The highest BCUT2D eigenvalue weighted by Crippen LogP contribution is 2.11. The number of rotatable bonds is 4. The molecule has 0 aliphatic carbocycles. The third kappa shape index (κ3) is 3.68. The molecule has 0 spiro atoms. The Labute approximate surface area is 71.1 Å². The standard InChI is InChI=1S/C6H12O5S/c1-4(2)3-5(6(7)8)12(9,10)11/h4-5H,3H2,1-2H3,(H,7,8)(H,9,10,11)/t5-/m1/s1. The van der Waals surface area contributed by atoms with Crippen molar-refractivity contribution in [3.05, 3.63) is 0 Å². The molecule has 0 aromatic rings. The van der Waals surface area contributed by atoms with Gasteiger partial charge in [0.2, 0.25) is 0 Å². The third-order valence-corrected chi connectivity index (χ3v) is 2.43. The predicted molar refractivity (Wildman–Crippen MR) is 42.4 cm³/mol. The fourth-order valence-electron chi connectivity index (χ4n) is 0.778. The summed E-state index contributed by atoms with van der Waals surface area (Å²) in [5, 5.41) is 6.72. The number of carbonyl (C=O) groups is 1. The zero-order chi connectivity index (χ0) is 9.94. The van der Waals surface area contributed by atoms with Crippen molar-refractivity contribution in [2.24, 2.45) is 5.92 Å². The predicted octanol–water partition coefficient (Wildman–Crippen LogP) is 0.374. The van der Waals surface area contributed by atoms with Crippen LogP contribution in [0, 0.1) is 5.92 Å². The van der Waals surface area contributed by atoms with Crippen LogP contribution in [0.15, 0.2) is 0 Å². The third-order valence-electron chi connectivity index (χ3n) is 1.32. The molecule has 0 amide bonds. The van der Waals surface area contributed by atoms with Crippen molar-refractivity contribution < 1.29 is 22.9 Å². The van der Waals surface area contributed by atoms with Crippen LogP contribution in [-0.2, 0) is 14.9 Å². The fraction of sp³-hybridized carbons (Fsp3) is 0.833. The molecule has 5 nitrogen and oxygen atoms in total. The molecule has 0 aliphatic rings. The van der Waals surface area contributed by atoms with Gasteiger partial charge in [0.15, 0.2) is 5.25 Å². The van der Waals surface area contributed by atoms with Crippen LogP contribution in [-0.4, -0.2) is 29.3 Å². The minimum absolute atomic E-state index is 0.0752. The number of carboxylic acid groups (broad SMARTS) is 1. The topological polar surface area (TPSA) is 91.7 Å². The average molecular weight is 196 g/mol. The number of hydrogen-bond donors (Lipinski definition) is 2. The summed E-state index contributed by atoms with van der Waals surface area (Å²) < 4.78 is 29.5. The van der Waals surface area contributed by atoms with E-state index in [4.69, 9.17) is 9.66 Å². The van der Waals surface area contributed by atoms with Crippen molar-refractivity contribution in [1.82, 2.24) is 0 Å². The Morgan fingerprint density at radius 1 is 1.42 bits per heavy atom. The Kier molecular flexibility index (Phi) is 3.66. The molecule has 0 aliphatic heterocycles. The van der Waals surface area contributed by atoms with E-state index in [2.05, 4.69) is 0 Å². The van der Waals surface area contributed by atoms with Gasteiger partial charge in [-0.25, -0.2) is 0 Å². The van der Waals surface area contributed by atoms with E-state index in [0.29, 0.717) is 0 Å². The summed E-state index contributed by atoms with van der Waals surface area (Å²) in [6.45, 7) is 3.36. The molecule has 0 rings (SSSR count). The lowest BCUT2D eigenvalue weighted by Crippen LogP contribution is -2.30. The quantitative estimate of drug-likeness (QED) is 0.634. The van der Waals surface area contributed by atoms with Gasteiger partial charge in [-0.3, -0.25) is 9.35 Å². The van der Waals surface area contributed by atoms with E-state index >= 15 is 0 Å². The molecule has 0 saturated carbocycles. The van der Waals surface area contributed by atoms with Gasteiger partial charge in [-0.05, 0) is 12.3 Å². The van der Waals surface area contributed by atoms with Gasteiger partial charge < -0.3 is 5.11 Å². The lowest BCUT2D eigenvalue weighted by Gasteiger charge is -2.10. The SMILES string of the molecule is CC(C)C[C@H](C(=O)O)S(=O)(=O)O. The molecular weight excluding hydrogens is 184 g/mol. The second-order valence-electron chi connectivity index (χ2n) is 2.97. The smallest absolute Gasteiger partial charge is 0.324 e. The first-order valence-electron chi connectivity index (χ1n) is 3.44. The zero-order valence-electron chi connectivity index (χ0n) is 6.89. The lowest BCUT2D eigenvalue weighted by molar-refractivity contribution is -0.136. The first-order chi connectivity index (χ1) is 5.25. The normalized spacial score (nSPS) is 14.7. The summed E-state index contributed by atoms with van der Waals surface area (Å²) in [6.07, 6.45) is -0.0752. The van der Waals surface area contributed by atoms with E-state index in [9.17, 15) is 13.2 Å². The molecule has 0 bridgehead atoms. The van der Waals surface area contributed by atoms with Crippen LogP contribution in [0.5, 0.6) is 0 Å². The zero-order valence-corrected chi connectivity index (χ0v) is 7.71. The maximum Gasteiger partial charge on any atom is 0.324 e. The van der Waals surface area contributed by atoms with Gasteiger partial charge in [-0.1, -0.05) is 13.8 Å². The van der Waals surface area contributed by atoms with Crippen LogP contribution in [0.4, 0.5) is 0 Å². The van der Waals surface area contributed by atoms with Crippen LogP contribution >= 0.6 is 0 Å². The molecule has 0 radical (unpaired) electrons. The van der Waals surface area contributed by atoms with Crippen molar-refractivity contribution in [1.29, 1.82) is 0 Å². The average Bonchev–Trinajstić information content (AvgIpc) is 1.79. The second kappa shape index (κ2) is 3.86.